The predicted molar refractivity (Wildman–Crippen MR) is 62.8 cm³/mol. The van der Waals surface area contributed by atoms with Crippen molar-refractivity contribution in [3.05, 3.63) is 24.3 Å². The zero-order chi connectivity index (χ0) is 10.9. The van der Waals surface area contributed by atoms with E-state index in [0.29, 0.717) is 0 Å². The molecule has 3 unspecified atom stereocenters. The lowest BCUT2D eigenvalue weighted by atomic mass is 9.70. The predicted octanol–water partition coefficient (Wildman–Crippen LogP) is 2.37. The van der Waals surface area contributed by atoms with Gasteiger partial charge in [-0.2, -0.15) is 0 Å². The Balaban J connectivity index is 2.26. The van der Waals surface area contributed by atoms with Crippen LogP contribution in [0, 0.1) is 11.3 Å². The zero-order valence-electron chi connectivity index (χ0n) is 8.85. The van der Waals surface area contributed by atoms with Crippen molar-refractivity contribution >= 4 is 17.7 Å². The van der Waals surface area contributed by atoms with Crippen LogP contribution in [-0.2, 0) is 9.53 Å². The summed E-state index contributed by atoms with van der Waals surface area (Å²) in [5.41, 5.74) is -0.218. The Morgan fingerprint density at radius 3 is 2.93 bits per heavy atom. The first-order valence-electron chi connectivity index (χ1n) is 5.35. The highest BCUT2D eigenvalue weighted by Crippen LogP contribution is 2.42. The molecule has 1 aliphatic heterocycles. The minimum Gasteiger partial charge on any atom is -0.377 e. The van der Waals surface area contributed by atoms with Crippen LogP contribution in [0.15, 0.2) is 24.3 Å². The number of hydrogen-bond donors (Lipinski definition) is 1. The molecule has 3 atom stereocenters. The monoisotopic (exact) mass is 224 g/mol. The molecule has 0 aromatic rings. The molecule has 1 heterocycles. The Kier molecular flexibility index (Phi) is 3.03. The first-order chi connectivity index (χ1) is 7.14. The van der Waals surface area contributed by atoms with Crippen LogP contribution in [0.2, 0.25) is 0 Å². The zero-order valence-corrected chi connectivity index (χ0v) is 9.74. The van der Waals surface area contributed by atoms with Crippen molar-refractivity contribution in [2.75, 3.05) is 6.61 Å². The van der Waals surface area contributed by atoms with Crippen molar-refractivity contribution in [2.45, 2.75) is 25.9 Å². The van der Waals surface area contributed by atoms with Crippen LogP contribution in [-0.4, -0.2) is 17.8 Å². The van der Waals surface area contributed by atoms with Gasteiger partial charge in [0.1, 0.15) is 0 Å². The van der Waals surface area contributed by atoms with E-state index < -0.39 is 0 Å². The molecular formula is C12H16O2S. The van der Waals surface area contributed by atoms with Crippen molar-refractivity contribution in [1.29, 1.82) is 0 Å². The first kappa shape index (κ1) is 11.0. The quantitative estimate of drug-likeness (QED) is 0.729. The van der Waals surface area contributed by atoms with Gasteiger partial charge in [-0.05, 0) is 12.8 Å². The molecule has 2 nitrogen and oxygen atoms in total. The molecule has 1 fully saturated rings. The fraction of sp³-hybridized carbons (Fsp3) is 0.583. The van der Waals surface area contributed by atoms with E-state index in [4.69, 9.17) is 4.74 Å². The standard InChI is InChI=1S/C12H16O2S/c1-12(10-6-4-8-14-10)7-3-2-5-9(12)11(13)15/h2-3,5,7,9-10H,4,6,8H2,1H3,(H,13,15). The molecule has 0 amide bonds. The average Bonchev–Trinajstić information content (AvgIpc) is 2.71. The third kappa shape index (κ3) is 1.91. The van der Waals surface area contributed by atoms with E-state index in [0.717, 1.165) is 19.4 Å². The summed E-state index contributed by atoms with van der Waals surface area (Å²) in [5, 5.41) is -0.0754. The number of carbonyl (C=O) groups is 1. The average molecular weight is 224 g/mol. The number of allylic oxidation sites excluding steroid dienone is 3. The highest BCUT2D eigenvalue weighted by molar-refractivity contribution is 7.96. The fourth-order valence-corrected chi connectivity index (χ4v) is 2.84. The Bertz CT molecular complexity index is 316. The molecule has 3 heteroatoms. The van der Waals surface area contributed by atoms with Crippen LogP contribution >= 0.6 is 12.6 Å². The molecule has 1 saturated heterocycles. The second kappa shape index (κ2) is 4.14. The van der Waals surface area contributed by atoms with Gasteiger partial charge in [0.05, 0.1) is 12.0 Å². The molecule has 0 spiro atoms. The summed E-state index contributed by atoms with van der Waals surface area (Å²) >= 11 is 3.97. The van der Waals surface area contributed by atoms with Gasteiger partial charge in [-0.1, -0.05) is 31.2 Å². The van der Waals surface area contributed by atoms with Crippen molar-refractivity contribution in [2.24, 2.45) is 11.3 Å². The van der Waals surface area contributed by atoms with Gasteiger partial charge in [-0.25, -0.2) is 0 Å². The molecule has 2 rings (SSSR count). The molecule has 2 aliphatic rings. The third-order valence-electron chi connectivity index (χ3n) is 3.43. The highest BCUT2D eigenvalue weighted by atomic mass is 32.1. The summed E-state index contributed by atoms with van der Waals surface area (Å²) in [5.74, 6) is -0.158. The third-order valence-corrected chi connectivity index (χ3v) is 3.71. The topological polar surface area (TPSA) is 26.3 Å². The van der Waals surface area contributed by atoms with Crippen molar-refractivity contribution < 1.29 is 9.53 Å². The molecular weight excluding hydrogens is 208 g/mol. The van der Waals surface area contributed by atoms with Crippen molar-refractivity contribution in [3.63, 3.8) is 0 Å². The lowest BCUT2D eigenvalue weighted by Crippen LogP contribution is -2.40. The van der Waals surface area contributed by atoms with Gasteiger partial charge in [0, 0.05) is 12.0 Å². The summed E-state index contributed by atoms with van der Waals surface area (Å²) in [4.78, 5) is 11.5. The first-order valence-corrected chi connectivity index (χ1v) is 5.80. The van der Waals surface area contributed by atoms with E-state index in [-0.39, 0.29) is 22.6 Å². The van der Waals surface area contributed by atoms with E-state index >= 15 is 0 Å². The van der Waals surface area contributed by atoms with Crippen LogP contribution in [0.25, 0.3) is 0 Å². The second-order valence-electron chi connectivity index (χ2n) is 4.43. The SMILES string of the molecule is CC1(C2CCCO2)C=CC=CC1C(=O)S. The molecule has 0 N–H and O–H groups in total. The molecule has 15 heavy (non-hydrogen) atoms. The van der Waals surface area contributed by atoms with E-state index in [2.05, 4.69) is 25.6 Å². The summed E-state index contributed by atoms with van der Waals surface area (Å²) in [6.07, 6.45) is 10.2. The lowest BCUT2D eigenvalue weighted by Gasteiger charge is -2.37. The normalized spacial score (nSPS) is 39.6. The molecule has 0 bridgehead atoms. The highest BCUT2D eigenvalue weighted by Gasteiger charge is 2.43. The van der Waals surface area contributed by atoms with Gasteiger partial charge < -0.3 is 4.74 Å². The van der Waals surface area contributed by atoms with E-state index in [1.54, 1.807) is 0 Å². The maximum atomic E-state index is 11.5. The van der Waals surface area contributed by atoms with Gasteiger partial charge in [0.15, 0.2) is 5.12 Å². The minimum absolute atomic E-state index is 0.0754. The number of rotatable bonds is 2. The van der Waals surface area contributed by atoms with Crippen LogP contribution in [0.4, 0.5) is 0 Å². The summed E-state index contributed by atoms with van der Waals surface area (Å²) < 4.78 is 5.70. The lowest BCUT2D eigenvalue weighted by molar-refractivity contribution is -0.117. The van der Waals surface area contributed by atoms with Gasteiger partial charge in [-0.15, -0.1) is 12.6 Å². The Morgan fingerprint density at radius 2 is 2.33 bits per heavy atom. The fourth-order valence-electron chi connectivity index (χ4n) is 2.47. The summed E-state index contributed by atoms with van der Waals surface area (Å²) in [6, 6.07) is 0. The Hall–Kier alpha value is -0.540. The van der Waals surface area contributed by atoms with E-state index in [1.165, 1.54) is 0 Å². The van der Waals surface area contributed by atoms with Crippen LogP contribution < -0.4 is 0 Å². The van der Waals surface area contributed by atoms with E-state index in [9.17, 15) is 4.79 Å². The molecule has 1 aliphatic carbocycles. The Morgan fingerprint density at radius 1 is 1.53 bits per heavy atom. The maximum Gasteiger partial charge on any atom is 0.193 e. The number of hydrogen-bond acceptors (Lipinski definition) is 2. The van der Waals surface area contributed by atoms with Gasteiger partial charge in [-0.3, -0.25) is 4.79 Å². The van der Waals surface area contributed by atoms with Crippen LogP contribution in [0.5, 0.6) is 0 Å². The van der Waals surface area contributed by atoms with Crippen molar-refractivity contribution in [1.82, 2.24) is 0 Å². The van der Waals surface area contributed by atoms with Gasteiger partial charge in [0.25, 0.3) is 0 Å². The number of ether oxygens (including phenoxy) is 1. The Labute approximate surface area is 95.8 Å². The molecule has 0 aromatic heterocycles. The van der Waals surface area contributed by atoms with Gasteiger partial charge in [0.2, 0.25) is 0 Å². The molecule has 0 aromatic carbocycles. The van der Waals surface area contributed by atoms with Crippen molar-refractivity contribution in [3.8, 4) is 0 Å². The smallest absolute Gasteiger partial charge is 0.193 e. The summed E-state index contributed by atoms with van der Waals surface area (Å²) in [6.45, 7) is 2.90. The summed E-state index contributed by atoms with van der Waals surface area (Å²) in [7, 11) is 0. The minimum atomic E-state index is -0.218. The van der Waals surface area contributed by atoms with E-state index in [1.807, 2.05) is 18.2 Å². The number of carbonyl (C=O) groups excluding carboxylic acids is 1. The van der Waals surface area contributed by atoms with Gasteiger partial charge >= 0.3 is 0 Å². The van der Waals surface area contributed by atoms with Crippen LogP contribution in [0.3, 0.4) is 0 Å². The molecule has 0 radical (unpaired) electrons. The maximum absolute atomic E-state index is 11.5. The molecule has 82 valence electrons. The van der Waals surface area contributed by atoms with Crippen LogP contribution in [0.1, 0.15) is 19.8 Å². The molecule has 0 saturated carbocycles. The second-order valence-corrected chi connectivity index (χ2v) is 4.87. The number of thiol groups is 1. The largest absolute Gasteiger partial charge is 0.377 e.